The highest BCUT2D eigenvalue weighted by Crippen LogP contribution is 2.20. The molecule has 0 fully saturated rings. The lowest BCUT2D eigenvalue weighted by molar-refractivity contribution is -0.123. The topological polar surface area (TPSA) is 170 Å². The fourth-order valence-corrected chi connectivity index (χ4v) is 3.68. The van der Waals surface area contributed by atoms with E-state index < -0.39 is 17.9 Å². The predicted octanol–water partition coefficient (Wildman–Crippen LogP) is 4.24. The van der Waals surface area contributed by atoms with Gasteiger partial charge >= 0.3 is 6.03 Å². The second kappa shape index (κ2) is 16.3. The summed E-state index contributed by atoms with van der Waals surface area (Å²) in [7, 11) is 3.80. The number of aromatic nitrogens is 3. The minimum Gasteiger partial charge on any atom is -0.369 e. The number of hydrogen-bond donors (Lipinski definition) is 5. The molecule has 5 N–H and O–H groups in total. The zero-order valence-corrected chi connectivity index (χ0v) is 24.7. The molecule has 0 aliphatic carbocycles. The Labute approximate surface area is 250 Å². The van der Waals surface area contributed by atoms with Gasteiger partial charge in [-0.2, -0.15) is 4.98 Å². The summed E-state index contributed by atoms with van der Waals surface area (Å²) in [6.07, 6.45) is 8.52. The third-order valence-corrected chi connectivity index (χ3v) is 5.86. The van der Waals surface area contributed by atoms with Gasteiger partial charge in [-0.15, -0.1) is 0 Å². The molecule has 0 saturated carbocycles. The Morgan fingerprint density at radius 2 is 1.67 bits per heavy atom. The molecule has 2 aromatic heterocycles. The van der Waals surface area contributed by atoms with Crippen LogP contribution in [0, 0.1) is 5.92 Å². The number of nitrogens with zero attached hydrogens (tertiary/aromatic N) is 4. The molecule has 0 bridgehead atoms. The van der Waals surface area contributed by atoms with E-state index in [9.17, 15) is 19.2 Å². The van der Waals surface area contributed by atoms with Crippen LogP contribution in [-0.2, 0) is 9.59 Å². The van der Waals surface area contributed by atoms with Crippen LogP contribution >= 0.6 is 0 Å². The fourth-order valence-electron chi connectivity index (χ4n) is 3.68. The molecule has 43 heavy (non-hydrogen) atoms. The van der Waals surface area contributed by atoms with Crippen molar-refractivity contribution >= 4 is 52.5 Å². The van der Waals surface area contributed by atoms with E-state index in [2.05, 4.69) is 41.5 Å². The van der Waals surface area contributed by atoms with Gasteiger partial charge in [0.05, 0.1) is 0 Å². The minimum atomic E-state index is -0.553. The molecule has 0 saturated heterocycles. The maximum atomic E-state index is 13.2. The number of benzene rings is 1. The number of carbonyl (C=O) groups is 4. The van der Waals surface area contributed by atoms with Gasteiger partial charge in [0.15, 0.2) is 5.78 Å². The van der Waals surface area contributed by atoms with Gasteiger partial charge in [0.2, 0.25) is 11.9 Å². The van der Waals surface area contributed by atoms with Crippen LogP contribution < -0.4 is 26.6 Å². The molecule has 0 radical (unpaired) electrons. The van der Waals surface area contributed by atoms with E-state index in [1.165, 1.54) is 12.3 Å². The SMILES string of the molecule is CCCNc1nc(NC(=O)Nc2ccncc2)ncc1C(=O)Nc1cccc(NC(=O)[C@H](C)CC(=O)/C=C/CN(C)C)c1. The summed E-state index contributed by atoms with van der Waals surface area (Å²) in [5.74, 6) is -1.22. The highest BCUT2D eigenvalue weighted by molar-refractivity contribution is 6.08. The third-order valence-electron chi connectivity index (χ3n) is 5.86. The van der Waals surface area contributed by atoms with Crippen LogP contribution in [0.15, 0.2) is 67.1 Å². The van der Waals surface area contributed by atoms with E-state index in [-0.39, 0.29) is 35.4 Å². The zero-order chi connectivity index (χ0) is 31.2. The lowest BCUT2D eigenvalue weighted by Gasteiger charge is -2.14. The quantitative estimate of drug-likeness (QED) is 0.173. The van der Waals surface area contributed by atoms with Crippen LogP contribution in [0.5, 0.6) is 0 Å². The number of rotatable bonds is 14. The lowest BCUT2D eigenvalue weighted by atomic mass is 10.0. The molecule has 13 heteroatoms. The molecule has 2 heterocycles. The Morgan fingerprint density at radius 3 is 2.37 bits per heavy atom. The summed E-state index contributed by atoms with van der Waals surface area (Å²) in [6, 6.07) is 9.38. The molecule has 3 rings (SSSR count). The van der Waals surface area contributed by atoms with E-state index in [4.69, 9.17) is 0 Å². The number of likely N-dealkylation sites (N-methyl/N-ethyl adjacent to an activating group) is 1. The number of pyridine rings is 1. The third kappa shape index (κ3) is 11.0. The van der Waals surface area contributed by atoms with Crippen LogP contribution in [0.4, 0.5) is 33.6 Å². The van der Waals surface area contributed by atoms with Gasteiger partial charge in [0, 0.05) is 61.1 Å². The molecular weight excluding hydrogens is 550 g/mol. The number of nitrogens with one attached hydrogen (secondary N) is 5. The van der Waals surface area contributed by atoms with Crippen molar-refractivity contribution < 1.29 is 19.2 Å². The molecule has 1 aromatic carbocycles. The fraction of sp³-hybridized carbons (Fsp3) is 0.300. The first-order valence-electron chi connectivity index (χ1n) is 13.8. The van der Waals surface area contributed by atoms with Gasteiger partial charge in [0.25, 0.3) is 5.91 Å². The second-order valence-corrected chi connectivity index (χ2v) is 9.96. The number of ketones is 1. The van der Waals surface area contributed by atoms with Crippen LogP contribution in [0.25, 0.3) is 0 Å². The van der Waals surface area contributed by atoms with Crippen molar-refractivity contribution in [2.24, 2.45) is 5.92 Å². The van der Waals surface area contributed by atoms with E-state index in [1.54, 1.807) is 61.8 Å². The first kappa shape index (κ1) is 32.3. The van der Waals surface area contributed by atoms with Crippen molar-refractivity contribution in [3.8, 4) is 0 Å². The van der Waals surface area contributed by atoms with Crippen molar-refractivity contribution in [3.63, 3.8) is 0 Å². The van der Waals surface area contributed by atoms with E-state index in [0.29, 0.717) is 30.2 Å². The zero-order valence-electron chi connectivity index (χ0n) is 24.7. The minimum absolute atomic E-state index is 0.00668. The Morgan fingerprint density at radius 1 is 0.953 bits per heavy atom. The van der Waals surface area contributed by atoms with E-state index in [1.807, 2.05) is 25.9 Å². The molecule has 1 atom stereocenters. The van der Waals surface area contributed by atoms with E-state index >= 15 is 0 Å². The van der Waals surface area contributed by atoms with E-state index in [0.717, 1.165) is 6.42 Å². The van der Waals surface area contributed by atoms with Gasteiger partial charge in [-0.1, -0.05) is 26.0 Å². The monoisotopic (exact) mass is 587 g/mol. The van der Waals surface area contributed by atoms with Crippen molar-refractivity contribution in [1.29, 1.82) is 0 Å². The summed E-state index contributed by atoms with van der Waals surface area (Å²) in [4.78, 5) is 64.7. The summed E-state index contributed by atoms with van der Waals surface area (Å²) < 4.78 is 0. The van der Waals surface area contributed by atoms with Gasteiger partial charge in [-0.3, -0.25) is 24.7 Å². The molecule has 226 valence electrons. The predicted molar refractivity (Wildman–Crippen MR) is 167 cm³/mol. The maximum Gasteiger partial charge on any atom is 0.326 e. The molecule has 0 aliphatic rings. The Kier molecular flexibility index (Phi) is 12.3. The lowest BCUT2D eigenvalue weighted by Crippen LogP contribution is -2.23. The van der Waals surface area contributed by atoms with Crippen molar-refractivity contribution in [3.05, 3.63) is 72.7 Å². The molecule has 0 aliphatic heterocycles. The smallest absolute Gasteiger partial charge is 0.326 e. The summed E-state index contributed by atoms with van der Waals surface area (Å²) in [5.41, 5.74) is 1.60. The van der Waals surface area contributed by atoms with Gasteiger partial charge in [-0.05, 0) is 56.9 Å². The Balaban J connectivity index is 1.64. The highest BCUT2D eigenvalue weighted by atomic mass is 16.2. The average molecular weight is 588 g/mol. The first-order chi connectivity index (χ1) is 20.6. The number of hydrogen-bond acceptors (Lipinski definition) is 9. The normalized spacial score (nSPS) is 11.6. The molecule has 0 unspecified atom stereocenters. The molecular formula is C30H37N9O4. The van der Waals surface area contributed by atoms with Gasteiger partial charge in [-0.25, -0.2) is 9.78 Å². The number of anilines is 5. The van der Waals surface area contributed by atoms with Crippen molar-refractivity contribution in [1.82, 2.24) is 19.9 Å². The maximum absolute atomic E-state index is 13.2. The molecule has 13 nitrogen and oxygen atoms in total. The number of urea groups is 1. The number of amides is 4. The van der Waals surface area contributed by atoms with Crippen LogP contribution in [0.3, 0.4) is 0 Å². The highest BCUT2D eigenvalue weighted by Gasteiger charge is 2.18. The van der Waals surface area contributed by atoms with Crippen LogP contribution in [-0.4, -0.2) is 70.7 Å². The molecule has 3 aromatic rings. The van der Waals surface area contributed by atoms with Crippen molar-refractivity contribution in [2.45, 2.75) is 26.7 Å². The molecule has 0 spiro atoms. The molecule has 4 amide bonds. The Hall–Kier alpha value is -5.17. The summed E-state index contributed by atoms with van der Waals surface area (Å²) in [6.45, 7) is 4.82. The van der Waals surface area contributed by atoms with Crippen LogP contribution in [0.2, 0.25) is 0 Å². The van der Waals surface area contributed by atoms with Gasteiger partial charge < -0.3 is 26.2 Å². The first-order valence-corrected chi connectivity index (χ1v) is 13.8. The van der Waals surface area contributed by atoms with Crippen molar-refractivity contribution in [2.75, 3.05) is 53.8 Å². The average Bonchev–Trinajstić information content (AvgIpc) is 2.96. The largest absolute Gasteiger partial charge is 0.369 e. The Bertz CT molecular complexity index is 1440. The van der Waals surface area contributed by atoms with Gasteiger partial charge in [0.1, 0.15) is 11.4 Å². The summed E-state index contributed by atoms with van der Waals surface area (Å²) in [5, 5.41) is 13.9. The number of carbonyl (C=O) groups excluding carboxylic acids is 4. The van der Waals surface area contributed by atoms with Crippen LogP contribution in [0.1, 0.15) is 37.0 Å². The standard InChI is InChI=1S/C30H37N9O4/c1-5-13-32-26-25(19-33-29(37-26)38-30(43)36-21-11-14-31-15-12-21)28(42)35-23-9-6-8-22(18-23)34-27(41)20(2)17-24(40)10-7-16-39(3)4/h6-12,14-15,18-20H,5,13,16-17H2,1-4H3,(H,34,41)(H,35,42)(H3,31,32,33,36,37,38,43)/b10-7+/t20-/m1/s1. The second-order valence-electron chi connectivity index (χ2n) is 9.96. The summed E-state index contributed by atoms with van der Waals surface area (Å²) >= 11 is 0. The number of allylic oxidation sites excluding steroid dienone is 1.